The number of hydrogen-bond acceptors (Lipinski definition) is 8. The van der Waals surface area contributed by atoms with Gasteiger partial charge in [0.15, 0.2) is 17.3 Å². The maximum Gasteiger partial charge on any atom is 0.221 e. The quantitative estimate of drug-likeness (QED) is 0.457. The van der Waals surface area contributed by atoms with Crippen LogP contribution in [0.4, 0.5) is 17.6 Å². The third kappa shape index (κ3) is 3.33. The van der Waals surface area contributed by atoms with Crippen LogP contribution in [0.2, 0.25) is 0 Å². The van der Waals surface area contributed by atoms with E-state index in [1.54, 1.807) is 27.5 Å². The number of ether oxygens (including phenoxy) is 3. The van der Waals surface area contributed by atoms with Crippen LogP contribution in [0.25, 0.3) is 22.0 Å². The number of anilines is 3. The molecule has 0 aliphatic rings. The molecule has 4 N–H and O–H groups in total. The SMILES string of the molecule is COc1ccc(-c2cnc(N)nc2Nc2n[nH]c3cccc(OC)c23)cc1OC. The van der Waals surface area contributed by atoms with Crippen LogP contribution in [0.15, 0.2) is 42.6 Å². The van der Waals surface area contributed by atoms with Crippen molar-refractivity contribution >= 4 is 28.5 Å². The van der Waals surface area contributed by atoms with Crippen molar-refractivity contribution in [1.29, 1.82) is 0 Å². The number of hydrogen-bond donors (Lipinski definition) is 3. The number of H-pyrrole nitrogens is 1. The summed E-state index contributed by atoms with van der Waals surface area (Å²) in [4.78, 5) is 8.51. The fraction of sp³-hybridized carbons (Fsp3) is 0.150. The lowest BCUT2D eigenvalue weighted by Gasteiger charge is -2.13. The number of rotatable bonds is 6. The normalized spacial score (nSPS) is 10.7. The lowest BCUT2D eigenvalue weighted by atomic mass is 10.1. The Hall–Kier alpha value is -4.01. The average Bonchev–Trinajstić information content (AvgIpc) is 3.16. The Morgan fingerprint density at radius 1 is 0.931 bits per heavy atom. The number of nitrogen functional groups attached to an aromatic ring is 1. The van der Waals surface area contributed by atoms with Crippen molar-refractivity contribution in [3.8, 4) is 28.4 Å². The second-order valence-corrected chi connectivity index (χ2v) is 6.14. The van der Waals surface area contributed by atoms with E-state index >= 15 is 0 Å². The number of methoxy groups -OCH3 is 3. The van der Waals surface area contributed by atoms with Gasteiger partial charge in [-0.1, -0.05) is 12.1 Å². The summed E-state index contributed by atoms with van der Waals surface area (Å²) in [6.45, 7) is 0. The van der Waals surface area contributed by atoms with Crippen molar-refractivity contribution in [3.63, 3.8) is 0 Å². The molecule has 29 heavy (non-hydrogen) atoms. The van der Waals surface area contributed by atoms with E-state index in [9.17, 15) is 0 Å². The smallest absolute Gasteiger partial charge is 0.221 e. The predicted molar refractivity (Wildman–Crippen MR) is 111 cm³/mol. The summed E-state index contributed by atoms with van der Waals surface area (Å²) >= 11 is 0. The topological polar surface area (TPSA) is 120 Å². The zero-order valence-electron chi connectivity index (χ0n) is 16.2. The molecule has 4 rings (SSSR count). The number of fused-ring (bicyclic) bond motifs is 1. The van der Waals surface area contributed by atoms with Crippen LogP contribution >= 0.6 is 0 Å². The van der Waals surface area contributed by atoms with E-state index in [1.807, 2.05) is 36.4 Å². The van der Waals surface area contributed by atoms with Gasteiger partial charge in [-0.05, 0) is 29.8 Å². The van der Waals surface area contributed by atoms with Gasteiger partial charge < -0.3 is 25.3 Å². The minimum Gasteiger partial charge on any atom is -0.496 e. The number of nitrogens with one attached hydrogen (secondary N) is 2. The molecule has 0 saturated carbocycles. The van der Waals surface area contributed by atoms with Gasteiger partial charge in [-0.25, -0.2) is 4.98 Å². The molecule has 148 valence electrons. The van der Waals surface area contributed by atoms with E-state index in [2.05, 4.69) is 25.5 Å². The van der Waals surface area contributed by atoms with Gasteiger partial charge in [0, 0.05) is 11.8 Å². The molecule has 0 fully saturated rings. The number of nitrogens with zero attached hydrogens (tertiary/aromatic N) is 3. The molecule has 2 heterocycles. The first-order valence-electron chi connectivity index (χ1n) is 8.77. The van der Waals surface area contributed by atoms with Crippen molar-refractivity contribution < 1.29 is 14.2 Å². The molecule has 0 saturated heterocycles. The van der Waals surface area contributed by atoms with Gasteiger partial charge in [0.1, 0.15) is 11.6 Å². The number of aromatic nitrogens is 4. The van der Waals surface area contributed by atoms with E-state index in [-0.39, 0.29) is 5.95 Å². The number of nitrogens with two attached hydrogens (primary N) is 1. The van der Waals surface area contributed by atoms with Crippen molar-refractivity contribution in [3.05, 3.63) is 42.6 Å². The van der Waals surface area contributed by atoms with Crippen LogP contribution in [0, 0.1) is 0 Å². The molecule has 0 unspecified atom stereocenters. The standard InChI is InChI=1S/C20H20N6O3/c1-27-14-8-7-11(9-16(14)29-3)12-10-22-20(21)24-18(12)23-19-17-13(25-26-19)5-4-6-15(17)28-2/h4-10H,1-3H3,(H4,21,22,23,24,25,26). The van der Waals surface area contributed by atoms with E-state index < -0.39 is 0 Å². The van der Waals surface area contributed by atoms with Gasteiger partial charge in [-0.2, -0.15) is 10.1 Å². The summed E-state index contributed by atoms with van der Waals surface area (Å²) in [5.41, 5.74) is 8.24. The second-order valence-electron chi connectivity index (χ2n) is 6.14. The van der Waals surface area contributed by atoms with Crippen molar-refractivity contribution in [2.45, 2.75) is 0 Å². The molecule has 9 nitrogen and oxygen atoms in total. The lowest BCUT2D eigenvalue weighted by molar-refractivity contribution is 0.355. The molecule has 0 aliphatic heterocycles. The van der Waals surface area contributed by atoms with Gasteiger partial charge in [0.05, 0.1) is 32.2 Å². The van der Waals surface area contributed by atoms with Gasteiger partial charge in [0.2, 0.25) is 5.95 Å². The maximum absolute atomic E-state index is 5.85. The van der Waals surface area contributed by atoms with Crippen LogP contribution in [0.1, 0.15) is 0 Å². The molecule has 0 bridgehead atoms. The van der Waals surface area contributed by atoms with Crippen LogP contribution in [-0.2, 0) is 0 Å². The molecule has 0 aliphatic carbocycles. The van der Waals surface area contributed by atoms with E-state index in [0.29, 0.717) is 28.9 Å². The fourth-order valence-corrected chi connectivity index (χ4v) is 3.12. The molecular weight excluding hydrogens is 372 g/mol. The zero-order valence-corrected chi connectivity index (χ0v) is 16.2. The first-order chi connectivity index (χ1) is 14.1. The maximum atomic E-state index is 5.85. The molecular formula is C20H20N6O3. The molecule has 2 aromatic carbocycles. The molecule has 0 atom stereocenters. The van der Waals surface area contributed by atoms with E-state index in [1.165, 1.54) is 0 Å². The summed E-state index contributed by atoms with van der Waals surface area (Å²) < 4.78 is 16.2. The van der Waals surface area contributed by atoms with Crippen molar-refractivity contribution in [2.24, 2.45) is 0 Å². The molecule has 4 aromatic rings. The monoisotopic (exact) mass is 392 g/mol. The Morgan fingerprint density at radius 3 is 2.48 bits per heavy atom. The Balaban J connectivity index is 1.81. The van der Waals surface area contributed by atoms with Crippen molar-refractivity contribution in [1.82, 2.24) is 20.2 Å². The zero-order chi connectivity index (χ0) is 20.4. The van der Waals surface area contributed by atoms with Gasteiger partial charge in [0.25, 0.3) is 0 Å². The minimum absolute atomic E-state index is 0.142. The van der Waals surface area contributed by atoms with Crippen molar-refractivity contribution in [2.75, 3.05) is 32.4 Å². The summed E-state index contributed by atoms with van der Waals surface area (Å²) in [7, 11) is 4.79. The number of benzene rings is 2. The molecule has 0 radical (unpaired) electrons. The van der Waals surface area contributed by atoms with Gasteiger partial charge in [-0.15, -0.1) is 0 Å². The van der Waals surface area contributed by atoms with Gasteiger partial charge in [-0.3, -0.25) is 5.10 Å². The largest absolute Gasteiger partial charge is 0.496 e. The molecule has 9 heteroatoms. The Morgan fingerprint density at radius 2 is 1.72 bits per heavy atom. The Labute approximate surface area is 166 Å². The molecule has 0 amide bonds. The molecule has 2 aromatic heterocycles. The summed E-state index contributed by atoms with van der Waals surface area (Å²) in [6, 6.07) is 11.2. The predicted octanol–water partition coefficient (Wildman–Crippen LogP) is 3.37. The highest BCUT2D eigenvalue weighted by Crippen LogP contribution is 2.37. The Bertz CT molecular complexity index is 1170. The van der Waals surface area contributed by atoms with E-state index in [4.69, 9.17) is 19.9 Å². The second kappa shape index (κ2) is 7.55. The lowest BCUT2D eigenvalue weighted by Crippen LogP contribution is -2.03. The minimum atomic E-state index is 0.142. The average molecular weight is 392 g/mol. The van der Waals surface area contributed by atoms with Gasteiger partial charge >= 0.3 is 0 Å². The highest BCUT2D eigenvalue weighted by atomic mass is 16.5. The van der Waals surface area contributed by atoms with Crippen LogP contribution in [0.5, 0.6) is 17.2 Å². The van der Waals surface area contributed by atoms with Crippen LogP contribution in [0.3, 0.4) is 0 Å². The Kier molecular flexibility index (Phi) is 4.78. The molecule has 0 spiro atoms. The van der Waals surface area contributed by atoms with Crippen LogP contribution < -0.4 is 25.3 Å². The third-order valence-electron chi connectivity index (χ3n) is 4.51. The summed E-state index contributed by atoms with van der Waals surface area (Å²) in [5, 5.41) is 11.4. The first kappa shape index (κ1) is 18.4. The number of aromatic amines is 1. The highest BCUT2D eigenvalue weighted by molar-refractivity contribution is 5.97. The van der Waals surface area contributed by atoms with Crippen LogP contribution in [-0.4, -0.2) is 41.5 Å². The third-order valence-corrected chi connectivity index (χ3v) is 4.51. The highest BCUT2D eigenvalue weighted by Gasteiger charge is 2.16. The summed E-state index contributed by atoms with van der Waals surface area (Å²) in [6.07, 6.45) is 1.65. The fourth-order valence-electron chi connectivity index (χ4n) is 3.12. The first-order valence-corrected chi connectivity index (χ1v) is 8.77. The summed E-state index contributed by atoms with van der Waals surface area (Å²) in [5.74, 6) is 3.13. The van der Waals surface area contributed by atoms with E-state index in [0.717, 1.165) is 22.0 Å².